The van der Waals surface area contributed by atoms with Crippen molar-refractivity contribution in [2.24, 2.45) is 5.73 Å². The van der Waals surface area contributed by atoms with Gasteiger partial charge in [-0.2, -0.15) is 0 Å². The molecule has 0 amide bonds. The summed E-state index contributed by atoms with van der Waals surface area (Å²) in [5.74, 6) is 0. The Morgan fingerprint density at radius 1 is 1.55 bits per heavy atom. The molecule has 2 heteroatoms. The molecule has 2 N–H and O–H groups in total. The van der Waals surface area contributed by atoms with E-state index < -0.39 is 0 Å². The molecule has 0 aromatic rings. The van der Waals surface area contributed by atoms with E-state index in [0.29, 0.717) is 6.10 Å². The number of nitrogens with two attached hydrogens (primary N) is 1. The van der Waals surface area contributed by atoms with Gasteiger partial charge in [0, 0.05) is 0 Å². The second kappa shape index (κ2) is 3.55. The molecule has 1 aliphatic heterocycles. The Morgan fingerprint density at radius 3 is 2.73 bits per heavy atom. The van der Waals surface area contributed by atoms with Crippen molar-refractivity contribution in [2.75, 3.05) is 6.54 Å². The lowest BCUT2D eigenvalue weighted by molar-refractivity contribution is -0.0186. The predicted octanol–water partition coefficient (Wildman–Crippen LogP) is 1.68. The third-order valence-corrected chi connectivity index (χ3v) is 2.28. The Hall–Kier alpha value is -0.0800. The van der Waals surface area contributed by atoms with Crippen LogP contribution in [-0.4, -0.2) is 18.2 Å². The number of ether oxygens (including phenoxy) is 1. The monoisotopic (exact) mass is 157 g/mol. The first kappa shape index (κ1) is 9.01. The Labute approximate surface area is 69.1 Å². The van der Waals surface area contributed by atoms with Crippen LogP contribution in [0.5, 0.6) is 0 Å². The van der Waals surface area contributed by atoms with E-state index in [-0.39, 0.29) is 5.60 Å². The van der Waals surface area contributed by atoms with Crippen LogP contribution in [0.2, 0.25) is 0 Å². The third-order valence-electron chi connectivity index (χ3n) is 2.28. The van der Waals surface area contributed by atoms with Crippen LogP contribution in [0.1, 0.15) is 39.5 Å². The average Bonchev–Trinajstić information content (AvgIpc) is 2.26. The van der Waals surface area contributed by atoms with E-state index in [1.165, 1.54) is 12.8 Å². The zero-order valence-corrected chi connectivity index (χ0v) is 7.60. The van der Waals surface area contributed by atoms with Crippen LogP contribution >= 0.6 is 0 Å². The Morgan fingerprint density at radius 2 is 2.27 bits per heavy atom. The lowest BCUT2D eigenvalue weighted by Gasteiger charge is -2.18. The number of rotatable bonds is 3. The summed E-state index contributed by atoms with van der Waals surface area (Å²) in [7, 11) is 0. The Kier molecular flexibility index (Phi) is 2.90. The topological polar surface area (TPSA) is 35.2 Å². The molecule has 1 heterocycles. The minimum absolute atomic E-state index is 0.124. The van der Waals surface area contributed by atoms with Crippen molar-refractivity contribution >= 4 is 0 Å². The standard InChI is InChI=1S/C9H19NO/c1-9(2)6-5-8(11-9)4-3-7-10/h8H,3-7,10H2,1-2H3. The SMILES string of the molecule is CC1(C)CCC(CCCN)O1. The molecule has 0 spiro atoms. The molecular weight excluding hydrogens is 138 g/mol. The van der Waals surface area contributed by atoms with E-state index in [9.17, 15) is 0 Å². The van der Waals surface area contributed by atoms with Crippen molar-refractivity contribution in [1.29, 1.82) is 0 Å². The van der Waals surface area contributed by atoms with Gasteiger partial charge in [0.15, 0.2) is 0 Å². The maximum Gasteiger partial charge on any atom is 0.0631 e. The van der Waals surface area contributed by atoms with Gasteiger partial charge in [0.1, 0.15) is 0 Å². The van der Waals surface area contributed by atoms with Crippen molar-refractivity contribution in [3.05, 3.63) is 0 Å². The first-order valence-electron chi connectivity index (χ1n) is 4.52. The molecular formula is C9H19NO. The van der Waals surface area contributed by atoms with Gasteiger partial charge in [-0.3, -0.25) is 0 Å². The van der Waals surface area contributed by atoms with Gasteiger partial charge in [-0.1, -0.05) is 0 Å². The maximum atomic E-state index is 5.80. The predicted molar refractivity (Wildman–Crippen MR) is 46.5 cm³/mol. The van der Waals surface area contributed by atoms with Crippen LogP contribution in [0.15, 0.2) is 0 Å². The fourth-order valence-corrected chi connectivity index (χ4v) is 1.63. The second-order valence-corrected chi connectivity index (χ2v) is 3.97. The van der Waals surface area contributed by atoms with Gasteiger partial charge in [0.2, 0.25) is 0 Å². The molecule has 11 heavy (non-hydrogen) atoms. The summed E-state index contributed by atoms with van der Waals surface area (Å²) in [6.07, 6.45) is 5.13. The minimum Gasteiger partial charge on any atom is -0.372 e. The smallest absolute Gasteiger partial charge is 0.0631 e. The molecule has 1 unspecified atom stereocenters. The molecule has 1 aliphatic rings. The van der Waals surface area contributed by atoms with Gasteiger partial charge < -0.3 is 10.5 Å². The van der Waals surface area contributed by atoms with E-state index in [1.807, 2.05) is 0 Å². The molecule has 0 bridgehead atoms. The largest absolute Gasteiger partial charge is 0.372 e. The van der Waals surface area contributed by atoms with Crippen molar-refractivity contribution in [2.45, 2.75) is 51.2 Å². The van der Waals surface area contributed by atoms with Crippen LogP contribution in [-0.2, 0) is 4.74 Å². The normalized spacial score (nSPS) is 29.2. The second-order valence-electron chi connectivity index (χ2n) is 3.97. The van der Waals surface area contributed by atoms with Crippen LogP contribution in [0, 0.1) is 0 Å². The van der Waals surface area contributed by atoms with Crippen molar-refractivity contribution in [3.63, 3.8) is 0 Å². The molecule has 1 fully saturated rings. The van der Waals surface area contributed by atoms with Crippen molar-refractivity contribution < 1.29 is 4.74 Å². The molecule has 66 valence electrons. The number of hydrogen-bond acceptors (Lipinski definition) is 2. The summed E-state index contributed by atoms with van der Waals surface area (Å²) < 4.78 is 5.80. The molecule has 1 rings (SSSR count). The summed E-state index contributed by atoms with van der Waals surface area (Å²) in [4.78, 5) is 0. The van der Waals surface area contributed by atoms with Gasteiger partial charge >= 0.3 is 0 Å². The van der Waals surface area contributed by atoms with Crippen molar-refractivity contribution in [3.8, 4) is 0 Å². The quantitative estimate of drug-likeness (QED) is 0.676. The molecule has 0 saturated carbocycles. The van der Waals surface area contributed by atoms with Gasteiger partial charge in [0.25, 0.3) is 0 Å². The van der Waals surface area contributed by atoms with E-state index in [0.717, 1.165) is 19.4 Å². The van der Waals surface area contributed by atoms with Gasteiger partial charge in [0.05, 0.1) is 11.7 Å². The third kappa shape index (κ3) is 2.80. The van der Waals surface area contributed by atoms with Crippen LogP contribution in [0.25, 0.3) is 0 Å². The summed E-state index contributed by atoms with van der Waals surface area (Å²) in [6, 6.07) is 0. The van der Waals surface area contributed by atoms with Gasteiger partial charge in [-0.25, -0.2) is 0 Å². The molecule has 0 radical (unpaired) electrons. The van der Waals surface area contributed by atoms with Crippen LogP contribution < -0.4 is 5.73 Å². The molecule has 0 aromatic heterocycles. The first-order valence-corrected chi connectivity index (χ1v) is 4.52. The summed E-state index contributed by atoms with van der Waals surface area (Å²) in [5, 5.41) is 0. The minimum atomic E-state index is 0.124. The Balaban J connectivity index is 2.20. The lowest BCUT2D eigenvalue weighted by atomic mass is 10.0. The zero-order valence-electron chi connectivity index (χ0n) is 7.60. The summed E-state index contributed by atoms with van der Waals surface area (Å²) >= 11 is 0. The van der Waals surface area contributed by atoms with Gasteiger partial charge in [-0.15, -0.1) is 0 Å². The molecule has 1 saturated heterocycles. The first-order chi connectivity index (χ1) is 5.14. The maximum absolute atomic E-state index is 5.80. The molecule has 0 aliphatic carbocycles. The van der Waals surface area contributed by atoms with E-state index in [2.05, 4.69) is 13.8 Å². The highest BCUT2D eigenvalue weighted by molar-refractivity contribution is 4.80. The Bertz CT molecular complexity index is 123. The van der Waals surface area contributed by atoms with Crippen LogP contribution in [0.4, 0.5) is 0 Å². The highest BCUT2D eigenvalue weighted by Crippen LogP contribution is 2.31. The van der Waals surface area contributed by atoms with E-state index in [1.54, 1.807) is 0 Å². The summed E-state index contributed by atoms with van der Waals surface area (Å²) in [5.41, 5.74) is 5.54. The van der Waals surface area contributed by atoms with E-state index in [4.69, 9.17) is 10.5 Å². The molecule has 1 atom stereocenters. The lowest BCUT2D eigenvalue weighted by Crippen LogP contribution is -2.20. The van der Waals surface area contributed by atoms with Crippen molar-refractivity contribution in [1.82, 2.24) is 0 Å². The molecule has 2 nitrogen and oxygen atoms in total. The fourth-order valence-electron chi connectivity index (χ4n) is 1.63. The van der Waals surface area contributed by atoms with Gasteiger partial charge in [-0.05, 0) is 46.1 Å². The van der Waals surface area contributed by atoms with Crippen LogP contribution in [0.3, 0.4) is 0 Å². The van der Waals surface area contributed by atoms with E-state index >= 15 is 0 Å². The highest BCUT2D eigenvalue weighted by Gasteiger charge is 2.30. The fraction of sp³-hybridized carbons (Fsp3) is 1.00. The molecule has 0 aromatic carbocycles. The highest BCUT2D eigenvalue weighted by atomic mass is 16.5. The zero-order chi connectivity index (χ0) is 8.32. The number of hydrogen-bond donors (Lipinski definition) is 1. The summed E-state index contributed by atoms with van der Waals surface area (Å²) in [6.45, 7) is 5.12. The average molecular weight is 157 g/mol.